The Morgan fingerprint density at radius 1 is 0.962 bits per heavy atom. The molecule has 0 aromatic heterocycles. The summed E-state index contributed by atoms with van der Waals surface area (Å²) in [5.74, 6) is 0.586. The number of hydrogen-bond donors (Lipinski definition) is 0. The van der Waals surface area contributed by atoms with Crippen LogP contribution in [0.3, 0.4) is 0 Å². The van der Waals surface area contributed by atoms with Crippen LogP contribution in [0.2, 0.25) is 0 Å². The number of sulfone groups is 1. The summed E-state index contributed by atoms with van der Waals surface area (Å²) < 4.78 is 29.9. The molecule has 2 aromatic carbocycles. The number of ether oxygens (including phenoxy) is 1. The molecular weight excluding hydrogens is 352 g/mol. The van der Waals surface area contributed by atoms with E-state index in [4.69, 9.17) is 4.74 Å². The summed E-state index contributed by atoms with van der Waals surface area (Å²) in [5.41, 5.74) is 2.40. The van der Waals surface area contributed by atoms with E-state index in [2.05, 4.69) is 0 Å². The molecule has 0 bridgehead atoms. The SMILES string of the molecule is COc1cccc(N2C(=O)N(c3cccc(C)c3)[C@@H]3CS(=O)(=O)C[C@@H]32)c1. The van der Waals surface area contributed by atoms with E-state index in [1.54, 1.807) is 35.1 Å². The van der Waals surface area contributed by atoms with Crippen molar-refractivity contribution in [3.05, 3.63) is 54.1 Å². The molecule has 0 N–H and O–H groups in total. The van der Waals surface area contributed by atoms with Gasteiger partial charge in [0.15, 0.2) is 9.84 Å². The molecule has 2 aliphatic rings. The second-order valence-corrected chi connectivity index (χ2v) is 8.93. The topological polar surface area (TPSA) is 66.9 Å². The zero-order chi connectivity index (χ0) is 18.5. The van der Waals surface area contributed by atoms with Crippen LogP contribution in [0.4, 0.5) is 16.2 Å². The lowest BCUT2D eigenvalue weighted by Crippen LogP contribution is -2.37. The van der Waals surface area contributed by atoms with Crippen LogP contribution in [0, 0.1) is 6.92 Å². The number of fused-ring (bicyclic) bond motifs is 1. The van der Waals surface area contributed by atoms with Crippen LogP contribution in [0.25, 0.3) is 0 Å². The normalized spacial score (nSPS) is 24.0. The van der Waals surface area contributed by atoms with Gasteiger partial charge in [-0.2, -0.15) is 0 Å². The van der Waals surface area contributed by atoms with Crippen molar-refractivity contribution in [1.29, 1.82) is 0 Å². The second kappa shape index (κ2) is 6.02. The molecule has 0 aliphatic carbocycles. The molecule has 26 heavy (non-hydrogen) atoms. The molecule has 2 aromatic rings. The summed E-state index contributed by atoms with van der Waals surface area (Å²) in [6, 6.07) is 13.8. The fraction of sp³-hybridized carbons (Fsp3) is 0.316. The third kappa shape index (κ3) is 2.72. The molecule has 6 nitrogen and oxygen atoms in total. The van der Waals surface area contributed by atoms with E-state index < -0.39 is 15.9 Å². The molecule has 2 saturated heterocycles. The fourth-order valence-corrected chi connectivity index (χ4v) is 5.76. The van der Waals surface area contributed by atoms with Crippen LogP contribution in [-0.2, 0) is 9.84 Å². The molecule has 0 saturated carbocycles. The Morgan fingerprint density at radius 3 is 2.12 bits per heavy atom. The molecule has 7 heteroatoms. The van der Waals surface area contributed by atoms with Gasteiger partial charge in [-0.25, -0.2) is 13.2 Å². The summed E-state index contributed by atoms with van der Waals surface area (Å²) in [6.45, 7) is 1.95. The van der Waals surface area contributed by atoms with Gasteiger partial charge in [-0.05, 0) is 36.8 Å². The number of carbonyl (C=O) groups excluding carboxylic acids is 1. The summed E-state index contributed by atoms with van der Waals surface area (Å²) in [6.07, 6.45) is 0. The number of rotatable bonds is 3. The number of methoxy groups -OCH3 is 1. The first kappa shape index (κ1) is 16.9. The third-order valence-corrected chi connectivity index (χ3v) is 6.68. The molecule has 0 spiro atoms. The zero-order valence-corrected chi connectivity index (χ0v) is 15.4. The van der Waals surface area contributed by atoms with E-state index in [0.29, 0.717) is 11.4 Å². The zero-order valence-electron chi connectivity index (χ0n) is 14.6. The van der Waals surface area contributed by atoms with E-state index in [1.165, 1.54) is 0 Å². The highest BCUT2D eigenvalue weighted by Gasteiger charge is 2.54. The Morgan fingerprint density at radius 2 is 1.54 bits per heavy atom. The molecule has 2 atom stereocenters. The molecule has 4 rings (SSSR count). The van der Waals surface area contributed by atoms with Crippen molar-refractivity contribution in [2.75, 3.05) is 28.4 Å². The van der Waals surface area contributed by atoms with Crippen LogP contribution in [0.15, 0.2) is 48.5 Å². The van der Waals surface area contributed by atoms with Gasteiger partial charge in [-0.1, -0.05) is 18.2 Å². The van der Waals surface area contributed by atoms with E-state index in [-0.39, 0.29) is 23.6 Å². The van der Waals surface area contributed by atoms with E-state index >= 15 is 0 Å². The van der Waals surface area contributed by atoms with Crippen molar-refractivity contribution in [2.24, 2.45) is 0 Å². The van der Waals surface area contributed by atoms with Crippen LogP contribution < -0.4 is 14.5 Å². The summed E-state index contributed by atoms with van der Waals surface area (Å²) in [4.78, 5) is 16.5. The first-order valence-electron chi connectivity index (χ1n) is 8.43. The molecule has 2 fully saturated rings. The van der Waals surface area contributed by atoms with Gasteiger partial charge >= 0.3 is 6.03 Å². The highest BCUT2D eigenvalue weighted by Crippen LogP contribution is 2.38. The van der Waals surface area contributed by atoms with Crippen molar-refractivity contribution in [3.63, 3.8) is 0 Å². The monoisotopic (exact) mass is 372 g/mol. The molecule has 2 amide bonds. The van der Waals surface area contributed by atoms with Crippen LogP contribution in [0.1, 0.15) is 5.56 Å². The Bertz CT molecular complexity index is 973. The largest absolute Gasteiger partial charge is 0.497 e. The van der Waals surface area contributed by atoms with Gasteiger partial charge in [0, 0.05) is 17.4 Å². The van der Waals surface area contributed by atoms with Crippen molar-refractivity contribution >= 4 is 27.2 Å². The lowest BCUT2D eigenvalue weighted by molar-refractivity contribution is 0.255. The first-order chi connectivity index (χ1) is 12.4. The maximum Gasteiger partial charge on any atom is 0.329 e. The van der Waals surface area contributed by atoms with E-state index in [0.717, 1.165) is 11.3 Å². The third-order valence-electron chi connectivity index (χ3n) is 4.98. The van der Waals surface area contributed by atoms with Crippen LogP contribution >= 0.6 is 0 Å². The van der Waals surface area contributed by atoms with Gasteiger partial charge in [0.25, 0.3) is 0 Å². The smallest absolute Gasteiger partial charge is 0.329 e. The summed E-state index contributed by atoms with van der Waals surface area (Å²) >= 11 is 0. The number of carbonyl (C=O) groups is 1. The van der Waals surface area contributed by atoms with Gasteiger partial charge in [0.05, 0.1) is 30.7 Å². The van der Waals surface area contributed by atoms with Gasteiger partial charge in [0.2, 0.25) is 0 Å². The number of anilines is 2. The van der Waals surface area contributed by atoms with Crippen molar-refractivity contribution in [2.45, 2.75) is 19.0 Å². The van der Waals surface area contributed by atoms with E-state index in [1.807, 2.05) is 37.3 Å². The number of amides is 2. The lowest BCUT2D eigenvalue weighted by atomic mass is 10.1. The fourth-order valence-electron chi connectivity index (χ4n) is 3.85. The van der Waals surface area contributed by atoms with Gasteiger partial charge in [-0.15, -0.1) is 0 Å². The van der Waals surface area contributed by atoms with Crippen molar-refractivity contribution < 1.29 is 17.9 Å². The standard InChI is InChI=1S/C19H20N2O4S/c1-13-5-3-6-14(9-13)20-17-11-26(23,24)12-18(17)21(19(20)22)15-7-4-8-16(10-15)25-2/h3-10,17-18H,11-12H2,1-2H3/t17-,18+/m1/s1. The first-order valence-corrected chi connectivity index (χ1v) is 10.3. The number of aryl methyl sites for hydroxylation is 1. The predicted octanol–water partition coefficient (Wildman–Crippen LogP) is 2.62. The highest BCUT2D eigenvalue weighted by molar-refractivity contribution is 7.91. The maximum absolute atomic E-state index is 13.3. The second-order valence-electron chi connectivity index (χ2n) is 6.77. The van der Waals surface area contributed by atoms with Gasteiger partial charge < -0.3 is 4.74 Å². The Hall–Kier alpha value is -2.54. The molecule has 136 valence electrons. The predicted molar refractivity (Wildman–Crippen MR) is 101 cm³/mol. The number of nitrogens with zero attached hydrogens (tertiary/aromatic N) is 2. The minimum absolute atomic E-state index is 0.0161. The number of urea groups is 1. The molecule has 0 unspecified atom stereocenters. The van der Waals surface area contributed by atoms with Crippen LogP contribution in [-0.4, -0.2) is 45.1 Å². The van der Waals surface area contributed by atoms with Gasteiger partial charge in [-0.3, -0.25) is 9.80 Å². The summed E-state index contributed by atoms with van der Waals surface area (Å²) in [7, 11) is -1.64. The average molecular weight is 372 g/mol. The Kier molecular flexibility index (Phi) is 3.91. The highest BCUT2D eigenvalue weighted by atomic mass is 32.2. The average Bonchev–Trinajstić information content (AvgIpc) is 3.03. The minimum Gasteiger partial charge on any atom is -0.497 e. The minimum atomic E-state index is -3.20. The lowest BCUT2D eigenvalue weighted by Gasteiger charge is -2.23. The molecule has 0 radical (unpaired) electrons. The van der Waals surface area contributed by atoms with Crippen LogP contribution in [0.5, 0.6) is 5.75 Å². The number of hydrogen-bond acceptors (Lipinski definition) is 4. The molecule has 2 aliphatic heterocycles. The summed E-state index contributed by atoms with van der Waals surface area (Å²) in [5, 5.41) is 0. The quantitative estimate of drug-likeness (QED) is 0.777. The van der Waals surface area contributed by atoms with Crippen molar-refractivity contribution in [3.8, 4) is 5.75 Å². The van der Waals surface area contributed by atoms with E-state index in [9.17, 15) is 13.2 Å². The van der Waals surface area contributed by atoms with Gasteiger partial charge in [0.1, 0.15) is 5.75 Å². The maximum atomic E-state index is 13.3. The van der Waals surface area contributed by atoms with Crippen molar-refractivity contribution in [1.82, 2.24) is 0 Å². The molecule has 2 heterocycles. The Labute approximate surface area is 152 Å². The Balaban J connectivity index is 1.81. The molecular formula is C19H20N2O4S. The number of benzene rings is 2.